The van der Waals surface area contributed by atoms with E-state index in [9.17, 15) is 9.59 Å². The third kappa shape index (κ3) is 4.35. The number of ether oxygens (including phenoxy) is 3. The normalized spacial score (nSPS) is 10.9. The molecule has 3 rings (SSSR count). The Labute approximate surface area is 161 Å². The summed E-state index contributed by atoms with van der Waals surface area (Å²) >= 11 is 0. The predicted molar refractivity (Wildman–Crippen MR) is 103 cm³/mol. The van der Waals surface area contributed by atoms with Gasteiger partial charge < -0.3 is 14.2 Å². The van der Waals surface area contributed by atoms with Gasteiger partial charge in [0.05, 0.1) is 19.1 Å². The summed E-state index contributed by atoms with van der Waals surface area (Å²) in [7, 11) is 1.54. The van der Waals surface area contributed by atoms with E-state index in [1.54, 1.807) is 55.7 Å². The number of rotatable bonds is 7. The molecule has 0 aliphatic carbocycles. The van der Waals surface area contributed by atoms with Crippen LogP contribution in [0.2, 0.25) is 0 Å². The summed E-state index contributed by atoms with van der Waals surface area (Å²) in [6, 6.07) is 12.1. The van der Waals surface area contributed by atoms with Crippen LogP contribution in [-0.4, -0.2) is 34.7 Å². The lowest BCUT2D eigenvalue weighted by atomic mass is 10.2. The second-order valence-electron chi connectivity index (χ2n) is 5.68. The number of hydrogen-bond donors (Lipinski definition) is 0. The van der Waals surface area contributed by atoms with Crippen LogP contribution in [0.5, 0.6) is 11.5 Å². The first-order valence-electron chi connectivity index (χ1n) is 8.60. The molecule has 0 unspecified atom stereocenters. The Kier molecular flexibility index (Phi) is 6.01. The molecule has 28 heavy (non-hydrogen) atoms. The van der Waals surface area contributed by atoms with E-state index in [0.29, 0.717) is 29.0 Å². The van der Waals surface area contributed by atoms with Gasteiger partial charge in [-0.25, -0.2) is 4.79 Å². The molecule has 0 bridgehead atoms. The number of benzene rings is 2. The first-order valence-corrected chi connectivity index (χ1v) is 8.60. The van der Waals surface area contributed by atoms with Crippen LogP contribution in [0.1, 0.15) is 12.5 Å². The van der Waals surface area contributed by atoms with Crippen molar-refractivity contribution in [1.29, 1.82) is 0 Å². The van der Waals surface area contributed by atoms with Gasteiger partial charge in [0.25, 0.3) is 5.56 Å². The summed E-state index contributed by atoms with van der Waals surface area (Å²) in [6.07, 6.45) is 2.84. The maximum atomic E-state index is 12.3. The zero-order valence-electron chi connectivity index (χ0n) is 15.5. The highest BCUT2D eigenvalue weighted by Gasteiger charge is 2.07. The fraction of sp³-hybridized carbons (Fsp3) is 0.200. The Morgan fingerprint density at radius 2 is 2.00 bits per heavy atom. The minimum atomic E-state index is -0.616. The Morgan fingerprint density at radius 1 is 1.18 bits per heavy atom. The molecule has 1 aromatic heterocycles. The second kappa shape index (κ2) is 8.81. The van der Waals surface area contributed by atoms with Crippen molar-refractivity contribution in [2.75, 3.05) is 13.7 Å². The molecule has 0 N–H and O–H groups in total. The van der Waals surface area contributed by atoms with Crippen molar-refractivity contribution in [2.45, 2.75) is 13.7 Å². The Balaban J connectivity index is 1.66. The Morgan fingerprint density at radius 3 is 2.79 bits per heavy atom. The van der Waals surface area contributed by atoms with Crippen molar-refractivity contribution in [3.8, 4) is 11.5 Å². The number of fused-ring (bicyclic) bond motifs is 1. The number of esters is 1. The van der Waals surface area contributed by atoms with Gasteiger partial charge in [-0.2, -0.15) is 4.68 Å². The fourth-order valence-electron chi connectivity index (χ4n) is 2.51. The molecule has 1 heterocycles. The van der Waals surface area contributed by atoms with E-state index in [2.05, 4.69) is 10.3 Å². The highest BCUT2D eigenvalue weighted by Crippen LogP contribution is 2.28. The van der Waals surface area contributed by atoms with Gasteiger partial charge >= 0.3 is 5.97 Å². The number of carbonyl (C=O) groups excluding carboxylic acids is 1. The molecule has 2 aromatic carbocycles. The molecular weight excluding hydrogens is 362 g/mol. The van der Waals surface area contributed by atoms with Crippen LogP contribution in [0.3, 0.4) is 0 Å². The molecule has 0 spiro atoms. The van der Waals surface area contributed by atoms with Crippen LogP contribution >= 0.6 is 0 Å². The molecule has 0 atom stereocenters. The number of carbonyl (C=O) groups is 1. The highest BCUT2D eigenvalue weighted by atomic mass is 16.5. The minimum absolute atomic E-state index is 0.327. The zero-order valence-corrected chi connectivity index (χ0v) is 15.5. The molecule has 0 aliphatic rings. The summed E-state index contributed by atoms with van der Waals surface area (Å²) in [5.41, 5.74) is 0.845. The van der Waals surface area contributed by atoms with Gasteiger partial charge in [-0.05, 0) is 42.8 Å². The highest BCUT2D eigenvalue weighted by molar-refractivity contribution is 5.87. The van der Waals surface area contributed by atoms with Gasteiger partial charge in [0.1, 0.15) is 5.52 Å². The quantitative estimate of drug-likeness (QED) is 0.458. The van der Waals surface area contributed by atoms with E-state index in [-0.39, 0.29) is 12.3 Å². The lowest BCUT2D eigenvalue weighted by Gasteiger charge is -2.09. The lowest BCUT2D eigenvalue weighted by molar-refractivity contribution is -0.141. The maximum absolute atomic E-state index is 12.3. The third-order valence-corrected chi connectivity index (χ3v) is 3.86. The smallest absolute Gasteiger partial charge is 0.332 e. The molecule has 144 valence electrons. The lowest BCUT2D eigenvalue weighted by Crippen LogP contribution is -2.26. The molecule has 0 aliphatic heterocycles. The predicted octanol–water partition coefficient (Wildman–Crippen LogP) is 2.41. The molecule has 8 nitrogen and oxygen atoms in total. The average molecular weight is 381 g/mol. The van der Waals surface area contributed by atoms with Crippen molar-refractivity contribution < 1.29 is 19.0 Å². The van der Waals surface area contributed by atoms with Crippen LogP contribution in [0, 0.1) is 0 Å². The molecular formula is C20H19N3O5. The van der Waals surface area contributed by atoms with Crippen molar-refractivity contribution in [3.05, 3.63) is 64.5 Å². The van der Waals surface area contributed by atoms with Crippen LogP contribution < -0.4 is 15.0 Å². The number of aromatic nitrogens is 3. The summed E-state index contributed by atoms with van der Waals surface area (Å²) in [6.45, 7) is 2.08. The van der Waals surface area contributed by atoms with Crippen molar-refractivity contribution >= 4 is 22.9 Å². The largest absolute Gasteiger partial charge is 0.493 e. The monoisotopic (exact) mass is 381 g/mol. The first kappa shape index (κ1) is 19.1. The fourth-order valence-corrected chi connectivity index (χ4v) is 2.51. The van der Waals surface area contributed by atoms with E-state index < -0.39 is 5.97 Å². The van der Waals surface area contributed by atoms with E-state index in [4.69, 9.17) is 14.2 Å². The minimum Gasteiger partial charge on any atom is -0.493 e. The standard InChI is InChI=1S/C20H19N3O5/c1-3-27-17-10-8-14(12-18(17)26-2)9-11-19(24)28-13-23-20(25)15-6-4-5-7-16(15)21-22-23/h4-12H,3,13H2,1-2H3. The van der Waals surface area contributed by atoms with Crippen molar-refractivity contribution in [2.24, 2.45) is 0 Å². The number of methoxy groups -OCH3 is 1. The Bertz CT molecular complexity index is 1070. The number of hydrogen-bond acceptors (Lipinski definition) is 7. The van der Waals surface area contributed by atoms with Crippen molar-refractivity contribution in [3.63, 3.8) is 0 Å². The van der Waals surface area contributed by atoms with E-state index in [0.717, 1.165) is 10.2 Å². The Hall–Kier alpha value is -3.68. The van der Waals surface area contributed by atoms with Gasteiger partial charge in [-0.3, -0.25) is 4.79 Å². The van der Waals surface area contributed by atoms with Crippen molar-refractivity contribution in [1.82, 2.24) is 15.0 Å². The second-order valence-corrected chi connectivity index (χ2v) is 5.68. The third-order valence-electron chi connectivity index (χ3n) is 3.86. The van der Waals surface area contributed by atoms with E-state index in [1.807, 2.05) is 6.92 Å². The molecule has 8 heteroatoms. The summed E-state index contributed by atoms with van der Waals surface area (Å²) in [5, 5.41) is 8.11. The first-order chi connectivity index (χ1) is 13.6. The van der Waals surface area contributed by atoms with Crippen LogP contribution in [0.4, 0.5) is 0 Å². The number of nitrogens with zero attached hydrogens (tertiary/aromatic N) is 3. The molecule has 0 radical (unpaired) electrons. The molecule has 0 fully saturated rings. The van der Waals surface area contributed by atoms with Crippen LogP contribution in [0.15, 0.2) is 53.3 Å². The van der Waals surface area contributed by atoms with Gasteiger partial charge in [0.15, 0.2) is 18.2 Å². The van der Waals surface area contributed by atoms with E-state index in [1.165, 1.54) is 6.08 Å². The molecule has 0 saturated heterocycles. The van der Waals surface area contributed by atoms with E-state index >= 15 is 0 Å². The van der Waals surface area contributed by atoms with Gasteiger partial charge in [0, 0.05) is 6.08 Å². The van der Waals surface area contributed by atoms with Gasteiger partial charge in [-0.15, -0.1) is 5.10 Å². The molecule has 0 amide bonds. The summed E-state index contributed by atoms with van der Waals surface area (Å²) in [5.74, 6) is 0.573. The van der Waals surface area contributed by atoms with Gasteiger partial charge in [0.2, 0.25) is 0 Å². The topological polar surface area (TPSA) is 92.5 Å². The molecule has 0 saturated carbocycles. The summed E-state index contributed by atoms with van der Waals surface area (Å²) in [4.78, 5) is 24.3. The average Bonchev–Trinajstić information content (AvgIpc) is 2.73. The molecule has 3 aromatic rings. The van der Waals surface area contributed by atoms with Crippen LogP contribution in [-0.2, 0) is 16.3 Å². The van der Waals surface area contributed by atoms with Gasteiger partial charge in [-0.1, -0.05) is 23.4 Å². The SMILES string of the molecule is CCOc1ccc(C=CC(=O)OCn2nnc3ccccc3c2=O)cc1OC. The maximum Gasteiger partial charge on any atom is 0.332 e. The zero-order chi connectivity index (χ0) is 19.9. The van der Waals surface area contributed by atoms with Crippen LogP contribution in [0.25, 0.3) is 17.0 Å². The summed E-state index contributed by atoms with van der Waals surface area (Å²) < 4.78 is 16.8.